The molecule has 1 aliphatic rings. The van der Waals surface area contributed by atoms with Gasteiger partial charge in [-0.25, -0.2) is 0 Å². The molecule has 1 fully saturated rings. The molecule has 1 radical (unpaired) electrons. The summed E-state index contributed by atoms with van der Waals surface area (Å²) in [4.78, 5) is 0.700. The number of halogens is 1. The highest BCUT2D eigenvalue weighted by molar-refractivity contribution is 9.09. The Labute approximate surface area is 59.8 Å². The van der Waals surface area contributed by atoms with Crippen molar-refractivity contribution in [2.45, 2.75) is 31.0 Å². The zero-order valence-corrected chi connectivity index (χ0v) is 6.82. The highest BCUT2D eigenvalue weighted by Gasteiger charge is 2.15. The second kappa shape index (κ2) is 2.86. The Balaban J connectivity index is 2.23. The number of rotatable bonds is 0. The van der Waals surface area contributed by atoms with Gasteiger partial charge in [0.1, 0.15) is 0 Å². The molecule has 8 heavy (non-hydrogen) atoms. The molecule has 0 nitrogen and oxygen atoms in total. The monoisotopic (exact) mass is 175 g/mol. The fraction of sp³-hybridized carbons (Fsp3) is 0.857. The molecule has 1 heteroatoms. The molecule has 0 spiro atoms. The normalized spacial score (nSPS) is 39.8. The third kappa shape index (κ3) is 1.77. The van der Waals surface area contributed by atoms with E-state index in [0.717, 1.165) is 5.92 Å². The van der Waals surface area contributed by atoms with Gasteiger partial charge >= 0.3 is 0 Å². The van der Waals surface area contributed by atoms with Crippen LogP contribution in [-0.2, 0) is 0 Å². The molecule has 0 N–H and O–H groups in total. The predicted octanol–water partition coefficient (Wildman–Crippen LogP) is 2.77. The lowest BCUT2D eigenvalue weighted by Crippen LogP contribution is -2.12. The van der Waals surface area contributed by atoms with Crippen LogP contribution in [0.1, 0.15) is 26.2 Å². The van der Waals surface area contributed by atoms with Crippen LogP contribution in [0.2, 0.25) is 0 Å². The lowest BCUT2D eigenvalue weighted by atomic mass is 9.91. The second-order valence-corrected chi connectivity index (χ2v) is 3.85. The first-order valence-corrected chi connectivity index (χ1v) is 4.18. The van der Waals surface area contributed by atoms with Crippen LogP contribution in [0.15, 0.2) is 0 Å². The molecule has 0 saturated heterocycles. The minimum atomic E-state index is 0.700. The van der Waals surface area contributed by atoms with Crippen LogP contribution in [0.3, 0.4) is 0 Å². The van der Waals surface area contributed by atoms with Crippen LogP contribution in [0.5, 0.6) is 0 Å². The van der Waals surface area contributed by atoms with E-state index in [9.17, 15) is 0 Å². The van der Waals surface area contributed by atoms with Crippen molar-refractivity contribution in [3.63, 3.8) is 0 Å². The van der Waals surface area contributed by atoms with Gasteiger partial charge in [0.2, 0.25) is 0 Å². The van der Waals surface area contributed by atoms with E-state index in [1.807, 2.05) is 0 Å². The van der Waals surface area contributed by atoms with Crippen molar-refractivity contribution in [1.29, 1.82) is 0 Å². The van der Waals surface area contributed by atoms with E-state index < -0.39 is 0 Å². The van der Waals surface area contributed by atoms with E-state index in [-0.39, 0.29) is 0 Å². The summed E-state index contributed by atoms with van der Waals surface area (Å²) in [6.07, 6.45) is 6.39. The maximum absolute atomic E-state index is 3.57. The van der Waals surface area contributed by atoms with Crippen molar-refractivity contribution in [2.24, 2.45) is 5.92 Å². The molecule has 0 aromatic rings. The second-order valence-electron chi connectivity index (χ2n) is 2.67. The summed E-state index contributed by atoms with van der Waals surface area (Å²) >= 11 is 3.57. The largest absolute Gasteiger partial charge is 0.0887 e. The summed E-state index contributed by atoms with van der Waals surface area (Å²) in [6.45, 7) is 2.32. The molecular formula is C7H12Br. The average Bonchev–Trinajstić information content (AvgIpc) is 1.64. The Morgan fingerprint density at radius 2 is 2.38 bits per heavy atom. The van der Waals surface area contributed by atoms with Gasteiger partial charge < -0.3 is 0 Å². The lowest BCUT2D eigenvalue weighted by Gasteiger charge is -2.21. The maximum Gasteiger partial charge on any atom is 0.0179 e. The lowest BCUT2D eigenvalue weighted by molar-refractivity contribution is 0.450. The number of alkyl halides is 1. The third-order valence-electron chi connectivity index (χ3n) is 1.71. The van der Waals surface area contributed by atoms with E-state index in [1.54, 1.807) is 0 Å². The number of hydrogen-bond donors (Lipinski definition) is 0. The Kier molecular flexibility index (Phi) is 2.36. The minimum Gasteiger partial charge on any atom is -0.0887 e. The highest BCUT2D eigenvalue weighted by Crippen LogP contribution is 2.27. The first kappa shape index (κ1) is 6.60. The van der Waals surface area contributed by atoms with E-state index in [2.05, 4.69) is 29.3 Å². The molecule has 2 atom stereocenters. The van der Waals surface area contributed by atoms with Crippen LogP contribution in [-0.4, -0.2) is 4.83 Å². The van der Waals surface area contributed by atoms with Gasteiger partial charge in [0, 0.05) is 4.83 Å². The minimum absolute atomic E-state index is 0.700. The summed E-state index contributed by atoms with van der Waals surface area (Å²) in [5.74, 6) is 0.935. The van der Waals surface area contributed by atoms with Gasteiger partial charge in [-0.15, -0.1) is 0 Å². The fourth-order valence-corrected chi connectivity index (χ4v) is 2.06. The molecule has 0 aromatic heterocycles. The summed E-state index contributed by atoms with van der Waals surface area (Å²) in [5, 5.41) is 0. The van der Waals surface area contributed by atoms with Crippen molar-refractivity contribution in [2.75, 3.05) is 0 Å². The topological polar surface area (TPSA) is 0 Å². The standard InChI is InChI=1S/C7H12Br/c1-6-3-2-4-7(8)5-6/h4,6-7H,2-3,5H2,1H3. The van der Waals surface area contributed by atoms with Gasteiger partial charge in [-0.2, -0.15) is 0 Å². The molecule has 0 aromatic carbocycles. The van der Waals surface area contributed by atoms with Crippen LogP contribution < -0.4 is 0 Å². The summed E-state index contributed by atoms with van der Waals surface area (Å²) in [6, 6.07) is 0. The van der Waals surface area contributed by atoms with Gasteiger partial charge in [0.25, 0.3) is 0 Å². The Morgan fingerprint density at radius 3 is 2.75 bits per heavy atom. The number of hydrogen-bond acceptors (Lipinski definition) is 0. The summed E-state index contributed by atoms with van der Waals surface area (Å²) < 4.78 is 0. The Bertz CT molecular complexity index is 62.8. The maximum atomic E-state index is 3.57. The van der Waals surface area contributed by atoms with E-state index >= 15 is 0 Å². The molecule has 2 unspecified atom stereocenters. The molecule has 0 bridgehead atoms. The zero-order chi connectivity index (χ0) is 5.98. The van der Waals surface area contributed by atoms with Crippen molar-refractivity contribution in [1.82, 2.24) is 0 Å². The summed E-state index contributed by atoms with van der Waals surface area (Å²) in [5.41, 5.74) is 0. The molecule has 47 valence electrons. The van der Waals surface area contributed by atoms with Crippen LogP contribution in [0.4, 0.5) is 0 Å². The molecule has 0 aliphatic heterocycles. The van der Waals surface area contributed by atoms with E-state index in [0.29, 0.717) is 4.83 Å². The molecule has 0 amide bonds. The van der Waals surface area contributed by atoms with Crippen LogP contribution >= 0.6 is 15.9 Å². The van der Waals surface area contributed by atoms with Crippen LogP contribution in [0.25, 0.3) is 0 Å². The van der Waals surface area contributed by atoms with Crippen LogP contribution in [0, 0.1) is 12.3 Å². The summed E-state index contributed by atoms with van der Waals surface area (Å²) in [7, 11) is 0. The van der Waals surface area contributed by atoms with Gasteiger partial charge in [-0.1, -0.05) is 29.3 Å². The predicted molar refractivity (Wildman–Crippen MR) is 40.0 cm³/mol. The Morgan fingerprint density at radius 1 is 1.62 bits per heavy atom. The van der Waals surface area contributed by atoms with Gasteiger partial charge in [-0.3, -0.25) is 0 Å². The molecule has 1 aliphatic carbocycles. The van der Waals surface area contributed by atoms with Crippen molar-refractivity contribution < 1.29 is 0 Å². The first-order chi connectivity index (χ1) is 3.79. The zero-order valence-electron chi connectivity index (χ0n) is 5.23. The fourth-order valence-electron chi connectivity index (χ4n) is 1.16. The van der Waals surface area contributed by atoms with Gasteiger partial charge in [0.15, 0.2) is 0 Å². The smallest absolute Gasteiger partial charge is 0.0179 e. The first-order valence-electron chi connectivity index (χ1n) is 3.26. The highest BCUT2D eigenvalue weighted by atomic mass is 79.9. The SMILES string of the molecule is CC1CC[CH]C(Br)C1. The molecular weight excluding hydrogens is 164 g/mol. The molecule has 0 heterocycles. The average molecular weight is 176 g/mol. The van der Waals surface area contributed by atoms with Crippen molar-refractivity contribution >= 4 is 15.9 Å². The van der Waals surface area contributed by atoms with Gasteiger partial charge in [0.05, 0.1) is 0 Å². The third-order valence-corrected chi connectivity index (χ3v) is 2.46. The molecule has 1 rings (SSSR count). The van der Waals surface area contributed by atoms with Crippen molar-refractivity contribution in [3.8, 4) is 0 Å². The van der Waals surface area contributed by atoms with E-state index in [1.165, 1.54) is 19.3 Å². The van der Waals surface area contributed by atoms with Crippen molar-refractivity contribution in [3.05, 3.63) is 6.42 Å². The van der Waals surface area contributed by atoms with E-state index in [4.69, 9.17) is 0 Å². The Hall–Kier alpha value is 0.480. The van der Waals surface area contributed by atoms with Gasteiger partial charge in [-0.05, 0) is 25.2 Å². The molecule has 1 saturated carbocycles. The quantitative estimate of drug-likeness (QED) is 0.498.